The molecule has 0 spiro atoms. The van der Waals surface area contributed by atoms with E-state index in [2.05, 4.69) is 9.72 Å². The van der Waals surface area contributed by atoms with Gasteiger partial charge in [-0.15, -0.1) is 0 Å². The van der Waals surface area contributed by atoms with Crippen molar-refractivity contribution in [3.63, 3.8) is 0 Å². The maximum absolute atomic E-state index is 12.6. The van der Waals surface area contributed by atoms with Gasteiger partial charge in [0, 0.05) is 43.6 Å². The molecule has 1 aromatic heterocycles. The van der Waals surface area contributed by atoms with E-state index in [4.69, 9.17) is 0 Å². The van der Waals surface area contributed by atoms with E-state index >= 15 is 0 Å². The van der Waals surface area contributed by atoms with Gasteiger partial charge in [-0.2, -0.15) is 13.2 Å². The average molecular weight is 407 g/mol. The Labute approximate surface area is 165 Å². The lowest BCUT2D eigenvalue weighted by atomic mass is 10.1. The number of benzene rings is 1. The van der Waals surface area contributed by atoms with E-state index in [9.17, 15) is 22.8 Å². The first-order chi connectivity index (χ1) is 13.8. The molecular weight excluding hydrogens is 387 g/mol. The summed E-state index contributed by atoms with van der Waals surface area (Å²) in [6, 6.07) is 11.0. The van der Waals surface area contributed by atoms with Crippen molar-refractivity contribution >= 4 is 11.8 Å². The van der Waals surface area contributed by atoms with Crippen molar-refractivity contribution in [3.8, 4) is 5.75 Å². The Morgan fingerprint density at radius 2 is 1.62 bits per heavy atom. The number of halogens is 3. The molecule has 1 saturated heterocycles. The van der Waals surface area contributed by atoms with E-state index in [1.54, 1.807) is 28.1 Å². The van der Waals surface area contributed by atoms with Gasteiger partial charge >= 0.3 is 6.18 Å². The summed E-state index contributed by atoms with van der Waals surface area (Å²) in [4.78, 5) is 32.4. The molecule has 3 rings (SSSR count). The topological polar surface area (TPSA) is 62.7 Å². The quantitative estimate of drug-likeness (QED) is 0.764. The number of hydrogen-bond donors (Lipinski definition) is 0. The summed E-state index contributed by atoms with van der Waals surface area (Å²) in [5.41, 5.74) is 1.06. The summed E-state index contributed by atoms with van der Waals surface area (Å²) in [5, 5.41) is 0. The van der Waals surface area contributed by atoms with E-state index in [0.29, 0.717) is 37.4 Å². The highest BCUT2D eigenvalue weighted by Crippen LogP contribution is 2.19. The van der Waals surface area contributed by atoms with Gasteiger partial charge in [-0.3, -0.25) is 14.6 Å². The predicted octanol–water partition coefficient (Wildman–Crippen LogP) is 2.55. The number of alkyl halides is 3. The number of nitrogens with zero attached hydrogens (tertiary/aromatic N) is 3. The Bertz CT molecular complexity index is 834. The van der Waals surface area contributed by atoms with Gasteiger partial charge < -0.3 is 14.5 Å². The molecule has 2 heterocycles. The van der Waals surface area contributed by atoms with E-state index < -0.39 is 12.8 Å². The van der Waals surface area contributed by atoms with Crippen molar-refractivity contribution < 1.29 is 27.5 Å². The summed E-state index contributed by atoms with van der Waals surface area (Å²) >= 11 is 0. The van der Waals surface area contributed by atoms with Crippen LogP contribution in [0, 0.1) is 0 Å². The maximum atomic E-state index is 12.6. The second-order valence-electron chi connectivity index (χ2n) is 6.60. The Hall–Kier alpha value is -3.10. The third kappa shape index (κ3) is 5.94. The van der Waals surface area contributed by atoms with Gasteiger partial charge in [0.05, 0.1) is 6.42 Å². The first kappa shape index (κ1) is 20.6. The van der Waals surface area contributed by atoms with Crippen LogP contribution in [-0.2, 0) is 11.2 Å². The van der Waals surface area contributed by atoms with Gasteiger partial charge in [-0.25, -0.2) is 0 Å². The van der Waals surface area contributed by atoms with Crippen LogP contribution in [0.25, 0.3) is 0 Å². The van der Waals surface area contributed by atoms with E-state index in [-0.39, 0.29) is 24.0 Å². The van der Waals surface area contributed by atoms with Crippen LogP contribution >= 0.6 is 0 Å². The summed E-state index contributed by atoms with van der Waals surface area (Å²) in [7, 11) is 0. The zero-order valence-electron chi connectivity index (χ0n) is 15.6. The summed E-state index contributed by atoms with van der Waals surface area (Å²) in [6.45, 7) is 0.237. The van der Waals surface area contributed by atoms with Crippen LogP contribution in [-0.4, -0.2) is 65.6 Å². The fourth-order valence-electron chi connectivity index (χ4n) is 2.97. The second-order valence-corrected chi connectivity index (χ2v) is 6.60. The molecule has 0 unspecified atom stereocenters. The third-order valence-electron chi connectivity index (χ3n) is 4.48. The van der Waals surface area contributed by atoms with Gasteiger partial charge in [0.25, 0.3) is 5.91 Å². The minimum atomic E-state index is -4.41. The molecule has 0 aliphatic carbocycles. The molecule has 0 N–H and O–H groups in total. The number of hydrogen-bond acceptors (Lipinski definition) is 4. The Balaban J connectivity index is 1.50. The van der Waals surface area contributed by atoms with Crippen LogP contribution in [0.2, 0.25) is 0 Å². The molecule has 2 amide bonds. The number of ether oxygens (including phenoxy) is 1. The van der Waals surface area contributed by atoms with Crippen molar-refractivity contribution in [3.05, 3.63) is 59.9 Å². The number of pyridine rings is 1. The van der Waals surface area contributed by atoms with Crippen molar-refractivity contribution in [1.29, 1.82) is 0 Å². The molecule has 0 radical (unpaired) electrons. The zero-order valence-corrected chi connectivity index (χ0v) is 15.6. The van der Waals surface area contributed by atoms with Crippen molar-refractivity contribution in [1.82, 2.24) is 14.8 Å². The summed E-state index contributed by atoms with van der Waals surface area (Å²) in [5.74, 6) is -0.227. The average Bonchev–Trinajstić information content (AvgIpc) is 2.72. The lowest BCUT2D eigenvalue weighted by Gasteiger charge is -2.34. The van der Waals surface area contributed by atoms with Crippen molar-refractivity contribution in [2.45, 2.75) is 12.6 Å². The Morgan fingerprint density at radius 3 is 2.21 bits per heavy atom. The molecule has 29 heavy (non-hydrogen) atoms. The molecule has 0 saturated carbocycles. The third-order valence-corrected chi connectivity index (χ3v) is 4.48. The number of aromatic nitrogens is 1. The monoisotopic (exact) mass is 407 g/mol. The van der Waals surface area contributed by atoms with Crippen LogP contribution in [0.15, 0.2) is 48.7 Å². The van der Waals surface area contributed by atoms with Gasteiger partial charge in [0.1, 0.15) is 5.75 Å². The number of carbonyl (C=O) groups excluding carboxylic acids is 2. The molecule has 2 aromatic rings. The van der Waals surface area contributed by atoms with Gasteiger partial charge in [0.15, 0.2) is 6.61 Å². The first-order valence-corrected chi connectivity index (χ1v) is 9.08. The summed E-state index contributed by atoms with van der Waals surface area (Å²) < 4.78 is 41.2. The smallest absolute Gasteiger partial charge is 0.422 e. The first-order valence-electron chi connectivity index (χ1n) is 9.08. The lowest BCUT2D eigenvalue weighted by Crippen LogP contribution is -2.51. The highest BCUT2D eigenvalue weighted by Gasteiger charge is 2.28. The van der Waals surface area contributed by atoms with E-state index in [1.165, 1.54) is 24.3 Å². The number of piperazine rings is 1. The van der Waals surface area contributed by atoms with Crippen LogP contribution in [0.3, 0.4) is 0 Å². The normalized spacial score (nSPS) is 14.6. The molecule has 1 aliphatic heterocycles. The zero-order chi connectivity index (χ0) is 20.9. The van der Waals surface area contributed by atoms with Gasteiger partial charge in [-0.05, 0) is 36.4 Å². The minimum Gasteiger partial charge on any atom is -0.484 e. The van der Waals surface area contributed by atoms with Crippen LogP contribution in [0.5, 0.6) is 5.75 Å². The van der Waals surface area contributed by atoms with Gasteiger partial charge in [-0.1, -0.05) is 6.07 Å². The van der Waals surface area contributed by atoms with Crippen LogP contribution < -0.4 is 4.74 Å². The van der Waals surface area contributed by atoms with E-state index in [1.807, 2.05) is 6.07 Å². The van der Waals surface area contributed by atoms with E-state index in [0.717, 1.165) is 0 Å². The predicted molar refractivity (Wildman–Crippen MR) is 98.4 cm³/mol. The number of carbonyl (C=O) groups is 2. The van der Waals surface area contributed by atoms with Crippen LogP contribution in [0.1, 0.15) is 16.1 Å². The minimum absolute atomic E-state index is 0.0398. The standard InChI is InChI=1S/C20H20F3N3O3/c21-20(22,23)14-29-17-6-4-15(5-7-17)19(28)26-11-9-25(10-12-26)18(27)13-16-3-1-2-8-24-16/h1-8H,9-14H2. The highest BCUT2D eigenvalue weighted by molar-refractivity contribution is 5.94. The van der Waals surface area contributed by atoms with Gasteiger partial charge in [0.2, 0.25) is 5.91 Å². The summed E-state index contributed by atoms with van der Waals surface area (Å²) in [6.07, 6.45) is -2.56. The lowest BCUT2D eigenvalue weighted by molar-refractivity contribution is -0.153. The van der Waals surface area contributed by atoms with Crippen molar-refractivity contribution in [2.24, 2.45) is 0 Å². The highest BCUT2D eigenvalue weighted by atomic mass is 19.4. The molecule has 1 aromatic carbocycles. The molecule has 0 bridgehead atoms. The molecule has 6 nitrogen and oxygen atoms in total. The number of rotatable bonds is 5. The molecule has 154 valence electrons. The Morgan fingerprint density at radius 1 is 0.966 bits per heavy atom. The van der Waals surface area contributed by atoms with Crippen LogP contribution in [0.4, 0.5) is 13.2 Å². The maximum Gasteiger partial charge on any atom is 0.422 e. The molecule has 0 atom stereocenters. The largest absolute Gasteiger partial charge is 0.484 e. The molecule has 9 heteroatoms. The SMILES string of the molecule is O=C(Cc1ccccn1)N1CCN(C(=O)c2ccc(OCC(F)(F)F)cc2)CC1. The Kier molecular flexibility index (Phi) is 6.36. The van der Waals surface area contributed by atoms with Crippen molar-refractivity contribution in [2.75, 3.05) is 32.8 Å². The fourth-order valence-corrected chi connectivity index (χ4v) is 2.97. The molecule has 1 aliphatic rings. The molecular formula is C20H20F3N3O3. The second kappa shape index (κ2) is 8.93. The molecule has 1 fully saturated rings. The fraction of sp³-hybridized carbons (Fsp3) is 0.350. The number of amides is 2.